The third-order valence-corrected chi connectivity index (χ3v) is 3.37. The largest absolute Gasteiger partial charge is 0.478 e. The van der Waals surface area contributed by atoms with Crippen molar-refractivity contribution in [3.63, 3.8) is 0 Å². The lowest BCUT2D eigenvalue weighted by Gasteiger charge is -2.07. The Hall–Kier alpha value is -1.66. The molecule has 0 saturated carbocycles. The minimum absolute atomic E-state index is 0.148. The van der Waals surface area contributed by atoms with Gasteiger partial charge >= 0.3 is 5.97 Å². The van der Waals surface area contributed by atoms with E-state index in [2.05, 4.69) is 19.2 Å². The molecule has 0 spiro atoms. The molecule has 0 radical (unpaired) electrons. The fraction of sp³-hybridized carbons (Fsp3) is 0.467. The highest BCUT2D eigenvalue weighted by atomic mass is 32.1. The number of rotatable bonds is 9. The Balaban J connectivity index is 2.28. The van der Waals surface area contributed by atoms with Crippen LogP contribution in [0.5, 0.6) is 0 Å². The maximum atomic E-state index is 11.9. The van der Waals surface area contributed by atoms with Gasteiger partial charge in [-0.25, -0.2) is 4.79 Å². The van der Waals surface area contributed by atoms with E-state index in [-0.39, 0.29) is 5.91 Å². The summed E-state index contributed by atoms with van der Waals surface area (Å²) in [6.45, 7) is 6.11. The molecule has 116 valence electrons. The molecule has 0 aromatic carbocycles. The molecule has 0 aliphatic heterocycles. The number of hydrogen-bond donors (Lipinski definition) is 2. The molecule has 1 aromatic heterocycles. The van der Waals surface area contributed by atoms with Gasteiger partial charge in [-0.15, -0.1) is 11.3 Å². The number of amides is 1. The van der Waals surface area contributed by atoms with Gasteiger partial charge in [0.05, 0.1) is 5.56 Å². The highest BCUT2D eigenvalue weighted by molar-refractivity contribution is 7.11. The lowest BCUT2D eigenvalue weighted by molar-refractivity contribution is -0.131. The molecule has 1 amide bonds. The third kappa shape index (κ3) is 7.63. The van der Waals surface area contributed by atoms with Crippen LogP contribution in [0.15, 0.2) is 17.5 Å². The van der Waals surface area contributed by atoms with Gasteiger partial charge in [0.15, 0.2) is 0 Å². The second-order valence-corrected chi connectivity index (χ2v) is 5.93. The zero-order chi connectivity index (χ0) is 15.7. The topological polar surface area (TPSA) is 75.6 Å². The first-order valence-corrected chi connectivity index (χ1v) is 7.72. The van der Waals surface area contributed by atoms with Crippen molar-refractivity contribution in [3.8, 4) is 0 Å². The number of carbonyl (C=O) groups excluding carboxylic acids is 1. The van der Waals surface area contributed by atoms with Crippen LogP contribution in [0.25, 0.3) is 6.08 Å². The quantitative estimate of drug-likeness (QED) is 0.543. The summed E-state index contributed by atoms with van der Waals surface area (Å²) in [5.41, 5.74) is 0.549. The van der Waals surface area contributed by atoms with Gasteiger partial charge in [0.1, 0.15) is 0 Å². The second kappa shape index (κ2) is 9.31. The van der Waals surface area contributed by atoms with Gasteiger partial charge in [0, 0.05) is 36.1 Å². The lowest BCUT2D eigenvalue weighted by atomic mass is 10.2. The van der Waals surface area contributed by atoms with Gasteiger partial charge in [-0.3, -0.25) is 4.79 Å². The van der Waals surface area contributed by atoms with Crippen molar-refractivity contribution in [1.29, 1.82) is 0 Å². The molecular formula is C15H21NO4S. The second-order valence-electron chi connectivity index (χ2n) is 4.99. The molecule has 21 heavy (non-hydrogen) atoms. The zero-order valence-corrected chi connectivity index (χ0v) is 13.1. The van der Waals surface area contributed by atoms with Crippen LogP contribution in [0.4, 0.5) is 0 Å². The monoisotopic (exact) mass is 311 g/mol. The fourth-order valence-electron chi connectivity index (χ4n) is 1.51. The summed E-state index contributed by atoms with van der Waals surface area (Å²) < 4.78 is 5.43. The SMILES string of the molecule is CC(C)COCCCNC(=O)c1csc(/C=C/C(=O)O)c1. The zero-order valence-electron chi connectivity index (χ0n) is 12.3. The van der Waals surface area contributed by atoms with E-state index < -0.39 is 5.97 Å². The highest BCUT2D eigenvalue weighted by Gasteiger charge is 2.07. The summed E-state index contributed by atoms with van der Waals surface area (Å²) in [5, 5.41) is 13.1. The maximum Gasteiger partial charge on any atom is 0.328 e. The van der Waals surface area contributed by atoms with Crippen LogP contribution in [0, 0.1) is 5.92 Å². The van der Waals surface area contributed by atoms with Crippen LogP contribution in [-0.2, 0) is 9.53 Å². The number of aliphatic carboxylic acids is 1. The molecule has 0 bridgehead atoms. The van der Waals surface area contributed by atoms with Gasteiger partial charge in [-0.2, -0.15) is 0 Å². The van der Waals surface area contributed by atoms with E-state index in [0.29, 0.717) is 24.6 Å². The number of hydrogen-bond acceptors (Lipinski definition) is 4. The molecule has 2 N–H and O–H groups in total. The van der Waals surface area contributed by atoms with Crippen LogP contribution < -0.4 is 5.32 Å². The standard InChI is InChI=1S/C15H21NO4S/c1-11(2)9-20-7-3-6-16-15(19)12-8-13(21-10-12)4-5-14(17)18/h4-5,8,10-11H,3,6-7,9H2,1-2H3,(H,16,19)(H,17,18)/b5-4+. The average Bonchev–Trinajstić information content (AvgIpc) is 2.88. The predicted molar refractivity (Wildman–Crippen MR) is 83.6 cm³/mol. The molecule has 0 fully saturated rings. The van der Waals surface area contributed by atoms with Crippen molar-refractivity contribution in [2.24, 2.45) is 5.92 Å². The van der Waals surface area contributed by atoms with E-state index in [0.717, 1.165) is 24.0 Å². The van der Waals surface area contributed by atoms with Crippen LogP contribution in [0.1, 0.15) is 35.5 Å². The van der Waals surface area contributed by atoms with Crippen molar-refractivity contribution in [2.75, 3.05) is 19.8 Å². The first kappa shape index (κ1) is 17.4. The van der Waals surface area contributed by atoms with E-state index in [4.69, 9.17) is 9.84 Å². The molecule has 0 atom stereocenters. The summed E-state index contributed by atoms with van der Waals surface area (Å²) in [6.07, 6.45) is 3.30. The maximum absolute atomic E-state index is 11.9. The number of nitrogens with one attached hydrogen (secondary N) is 1. The molecule has 1 heterocycles. The Bertz CT molecular complexity index is 494. The van der Waals surface area contributed by atoms with E-state index in [9.17, 15) is 9.59 Å². The molecule has 0 saturated heterocycles. The smallest absolute Gasteiger partial charge is 0.328 e. The molecule has 1 aromatic rings. The van der Waals surface area contributed by atoms with Gasteiger partial charge in [0.25, 0.3) is 5.91 Å². The highest BCUT2D eigenvalue weighted by Crippen LogP contribution is 2.16. The summed E-state index contributed by atoms with van der Waals surface area (Å²) in [5.74, 6) is -0.636. The van der Waals surface area contributed by atoms with E-state index in [1.54, 1.807) is 11.4 Å². The summed E-state index contributed by atoms with van der Waals surface area (Å²) >= 11 is 1.33. The van der Waals surface area contributed by atoms with Crippen LogP contribution >= 0.6 is 11.3 Å². The number of carboxylic acids is 1. The fourth-order valence-corrected chi connectivity index (χ4v) is 2.29. The Kier molecular flexibility index (Phi) is 7.71. The normalized spacial score (nSPS) is 11.2. The van der Waals surface area contributed by atoms with Gasteiger partial charge in [0.2, 0.25) is 0 Å². The molecule has 6 heteroatoms. The summed E-state index contributed by atoms with van der Waals surface area (Å²) in [7, 11) is 0. The van der Waals surface area contributed by atoms with Gasteiger partial charge < -0.3 is 15.2 Å². The van der Waals surface area contributed by atoms with Crippen LogP contribution in [0.2, 0.25) is 0 Å². The third-order valence-electron chi connectivity index (χ3n) is 2.47. The predicted octanol–water partition coefficient (Wildman–Crippen LogP) is 2.64. The Morgan fingerprint density at radius 1 is 1.48 bits per heavy atom. The van der Waals surface area contributed by atoms with E-state index in [1.165, 1.54) is 17.4 Å². The Labute approximate surface area is 128 Å². The first-order valence-electron chi connectivity index (χ1n) is 6.84. The Morgan fingerprint density at radius 2 is 2.24 bits per heavy atom. The average molecular weight is 311 g/mol. The van der Waals surface area contributed by atoms with Gasteiger partial charge in [-0.05, 0) is 24.5 Å². The number of carboxylic acid groups (broad SMARTS) is 1. The summed E-state index contributed by atoms with van der Waals surface area (Å²) in [4.78, 5) is 23.0. The minimum Gasteiger partial charge on any atom is -0.478 e. The van der Waals surface area contributed by atoms with E-state index in [1.807, 2.05) is 0 Å². The van der Waals surface area contributed by atoms with Crippen molar-refractivity contribution in [2.45, 2.75) is 20.3 Å². The van der Waals surface area contributed by atoms with Gasteiger partial charge in [-0.1, -0.05) is 13.8 Å². The molecule has 0 aliphatic carbocycles. The number of ether oxygens (including phenoxy) is 1. The molecule has 0 aliphatic rings. The first-order chi connectivity index (χ1) is 9.99. The van der Waals surface area contributed by atoms with Crippen molar-refractivity contribution < 1.29 is 19.4 Å². The molecule has 0 unspecified atom stereocenters. The molecule has 1 rings (SSSR count). The summed E-state index contributed by atoms with van der Waals surface area (Å²) in [6, 6.07) is 1.68. The van der Waals surface area contributed by atoms with Crippen LogP contribution in [-0.4, -0.2) is 36.7 Å². The molecular weight excluding hydrogens is 290 g/mol. The van der Waals surface area contributed by atoms with Crippen molar-refractivity contribution >= 4 is 29.3 Å². The van der Waals surface area contributed by atoms with Crippen LogP contribution in [0.3, 0.4) is 0 Å². The lowest BCUT2D eigenvalue weighted by Crippen LogP contribution is -2.25. The molecule has 5 nitrogen and oxygen atoms in total. The Morgan fingerprint density at radius 3 is 2.90 bits per heavy atom. The minimum atomic E-state index is -1.00. The van der Waals surface area contributed by atoms with Crippen molar-refractivity contribution in [1.82, 2.24) is 5.32 Å². The number of thiophene rings is 1. The van der Waals surface area contributed by atoms with E-state index >= 15 is 0 Å². The number of carbonyl (C=O) groups is 2. The van der Waals surface area contributed by atoms with Crippen molar-refractivity contribution in [3.05, 3.63) is 28.0 Å².